The van der Waals surface area contributed by atoms with Crippen molar-refractivity contribution in [3.8, 4) is 5.75 Å². The van der Waals surface area contributed by atoms with Crippen molar-refractivity contribution in [3.05, 3.63) is 59.1 Å². The number of ketones is 1. The molecule has 0 saturated carbocycles. The van der Waals surface area contributed by atoms with Crippen molar-refractivity contribution in [1.29, 1.82) is 0 Å². The van der Waals surface area contributed by atoms with E-state index in [4.69, 9.17) is 16.3 Å². The van der Waals surface area contributed by atoms with Gasteiger partial charge in [-0.1, -0.05) is 17.7 Å². The standard InChI is InChI=1S/C16H14ClNO3/c1-11(19)18-14-3-2-4-15(9-14)21-10-16(20)12-5-7-13(17)8-6-12/h2-9H,10H2,1H3,(H,18,19). The SMILES string of the molecule is CC(=O)Nc1cccc(OCC(=O)c2ccc(Cl)cc2)c1. The number of carbonyl (C=O) groups excluding carboxylic acids is 2. The van der Waals surface area contributed by atoms with Crippen molar-refractivity contribution in [2.45, 2.75) is 6.92 Å². The molecule has 2 rings (SSSR count). The van der Waals surface area contributed by atoms with Crippen LogP contribution in [0.5, 0.6) is 5.75 Å². The molecule has 21 heavy (non-hydrogen) atoms. The first-order valence-electron chi connectivity index (χ1n) is 6.34. The fourth-order valence-electron chi connectivity index (χ4n) is 1.73. The predicted octanol–water partition coefficient (Wildman–Crippen LogP) is 3.56. The number of ether oxygens (including phenoxy) is 1. The van der Waals surface area contributed by atoms with Gasteiger partial charge in [0.15, 0.2) is 12.4 Å². The Balaban J connectivity index is 1.97. The van der Waals surface area contributed by atoms with Gasteiger partial charge in [-0.3, -0.25) is 9.59 Å². The van der Waals surface area contributed by atoms with Gasteiger partial charge in [-0.15, -0.1) is 0 Å². The summed E-state index contributed by atoms with van der Waals surface area (Å²) in [6.07, 6.45) is 0. The lowest BCUT2D eigenvalue weighted by atomic mass is 10.1. The molecule has 5 heteroatoms. The number of anilines is 1. The lowest BCUT2D eigenvalue weighted by Gasteiger charge is -2.08. The van der Waals surface area contributed by atoms with Crippen LogP contribution in [0.4, 0.5) is 5.69 Å². The van der Waals surface area contributed by atoms with Crippen molar-refractivity contribution >= 4 is 29.0 Å². The van der Waals surface area contributed by atoms with Gasteiger partial charge >= 0.3 is 0 Å². The number of halogens is 1. The molecule has 0 aliphatic rings. The largest absolute Gasteiger partial charge is 0.485 e. The first kappa shape index (κ1) is 15.1. The summed E-state index contributed by atoms with van der Waals surface area (Å²) in [6, 6.07) is 13.5. The van der Waals surface area contributed by atoms with E-state index in [9.17, 15) is 9.59 Å². The minimum Gasteiger partial charge on any atom is -0.485 e. The Morgan fingerprint density at radius 3 is 2.52 bits per heavy atom. The van der Waals surface area contributed by atoms with E-state index in [1.165, 1.54) is 6.92 Å². The van der Waals surface area contributed by atoms with E-state index in [1.54, 1.807) is 48.5 Å². The Bertz CT molecular complexity index is 653. The van der Waals surface area contributed by atoms with E-state index in [-0.39, 0.29) is 18.3 Å². The van der Waals surface area contributed by atoms with Crippen LogP contribution in [-0.4, -0.2) is 18.3 Å². The molecule has 0 bridgehead atoms. The smallest absolute Gasteiger partial charge is 0.221 e. The maximum absolute atomic E-state index is 12.0. The van der Waals surface area contributed by atoms with E-state index in [0.29, 0.717) is 22.0 Å². The van der Waals surface area contributed by atoms with Crippen LogP contribution in [0.15, 0.2) is 48.5 Å². The number of carbonyl (C=O) groups is 2. The molecule has 0 saturated heterocycles. The molecular formula is C16H14ClNO3. The van der Waals surface area contributed by atoms with E-state index in [1.807, 2.05) is 0 Å². The van der Waals surface area contributed by atoms with Crippen LogP contribution in [0.1, 0.15) is 17.3 Å². The Morgan fingerprint density at radius 1 is 1.14 bits per heavy atom. The topological polar surface area (TPSA) is 55.4 Å². The molecule has 1 amide bonds. The van der Waals surface area contributed by atoms with Gasteiger partial charge in [0.05, 0.1) is 0 Å². The zero-order chi connectivity index (χ0) is 15.2. The third-order valence-corrected chi connectivity index (χ3v) is 2.94. The van der Waals surface area contributed by atoms with Crippen molar-refractivity contribution in [2.75, 3.05) is 11.9 Å². The zero-order valence-electron chi connectivity index (χ0n) is 11.4. The van der Waals surface area contributed by atoms with Crippen LogP contribution in [0.25, 0.3) is 0 Å². The molecule has 2 aromatic carbocycles. The van der Waals surface area contributed by atoms with Gasteiger partial charge in [0.1, 0.15) is 5.75 Å². The molecule has 2 aromatic rings. The van der Waals surface area contributed by atoms with Gasteiger partial charge in [-0.25, -0.2) is 0 Å². The number of rotatable bonds is 5. The molecule has 0 spiro atoms. The highest BCUT2D eigenvalue weighted by Gasteiger charge is 2.07. The highest BCUT2D eigenvalue weighted by molar-refractivity contribution is 6.30. The number of nitrogens with one attached hydrogen (secondary N) is 1. The molecule has 0 unspecified atom stereocenters. The zero-order valence-corrected chi connectivity index (χ0v) is 12.2. The summed E-state index contributed by atoms with van der Waals surface area (Å²) in [5.41, 5.74) is 1.16. The number of amides is 1. The molecule has 0 heterocycles. The van der Waals surface area contributed by atoms with E-state index >= 15 is 0 Å². The fourth-order valence-corrected chi connectivity index (χ4v) is 1.86. The van der Waals surface area contributed by atoms with Gasteiger partial charge in [-0.2, -0.15) is 0 Å². The van der Waals surface area contributed by atoms with E-state index < -0.39 is 0 Å². The van der Waals surface area contributed by atoms with Crippen molar-refractivity contribution in [1.82, 2.24) is 0 Å². The first-order chi connectivity index (χ1) is 10.0. The highest BCUT2D eigenvalue weighted by atomic mass is 35.5. The molecular weight excluding hydrogens is 290 g/mol. The average molecular weight is 304 g/mol. The second kappa shape index (κ2) is 6.90. The highest BCUT2D eigenvalue weighted by Crippen LogP contribution is 2.18. The second-order valence-electron chi connectivity index (χ2n) is 4.43. The van der Waals surface area contributed by atoms with Crippen LogP contribution in [-0.2, 0) is 4.79 Å². The maximum Gasteiger partial charge on any atom is 0.221 e. The van der Waals surface area contributed by atoms with Crippen molar-refractivity contribution in [2.24, 2.45) is 0 Å². The number of Topliss-reactive ketones (excluding diaryl/α,β-unsaturated/α-hetero) is 1. The Morgan fingerprint density at radius 2 is 1.86 bits per heavy atom. The quantitative estimate of drug-likeness (QED) is 0.859. The Kier molecular flexibility index (Phi) is 4.95. The molecule has 0 aliphatic carbocycles. The van der Waals surface area contributed by atoms with Crippen LogP contribution in [0.3, 0.4) is 0 Å². The fraction of sp³-hybridized carbons (Fsp3) is 0.125. The summed E-state index contributed by atoms with van der Waals surface area (Å²) in [5.74, 6) is 0.213. The third kappa shape index (κ3) is 4.61. The lowest BCUT2D eigenvalue weighted by Crippen LogP contribution is -2.12. The third-order valence-electron chi connectivity index (χ3n) is 2.69. The second-order valence-corrected chi connectivity index (χ2v) is 4.86. The summed E-state index contributed by atoms with van der Waals surface area (Å²) in [5, 5.41) is 3.23. The summed E-state index contributed by atoms with van der Waals surface area (Å²) < 4.78 is 5.44. The normalized spacial score (nSPS) is 10.0. The Labute approximate surface area is 127 Å². The molecule has 0 aliphatic heterocycles. The minimum atomic E-state index is -0.163. The number of hydrogen-bond donors (Lipinski definition) is 1. The molecule has 0 aromatic heterocycles. The summed E-state index contributed by atoms with van der Waals surface area (Å²) in [4.78, 5) is 22.9. The lowest BCUT2D eigenvalue weighted by molar-refractivity contribution is -0.114. The van der Waals surface area contributed by atoms with Crippen molar-refractivity contribution < 1.29 is 14.3 Å². The van der Waals surface area contributed by atoms with Gasteiger partial charge < -0.3 is 10.1 Å². The average Bonchev–Trinajstić information content (AvgIpc) is 2.45. The minimum absolute atomic E-state index is 0.0782. The van der Waals surface area contributed by atoms with Crippen LogP contribution < -0.4 is 10.1 Å². The molecule has 0 radical (unpaired) electrons. The number of benzene rings is 2. The first-order valence-corrected chi connectivity index (χ1v) is 6.71. The van der Waals surface area contributed by atoms with E-state index in [2.05, 4.69) is 5.32 Å². The molecule has 1 N–H and O–H groups in total. The van der Waals surface area contributed by atoms with Gasteiger partial charge in [0, 0.05) is 29.3 Å². The molecule has 0 atom stereocenters. The predicted molar refractivity (Wildman–Crippen MR) is 82.0 cm³/mol. The Hall–Kier alpha value is -2.33. The monoisotopic (exact) mass is 303 g/mol. The molecule has 4 nitrogen and oxygen atoms in total. The van der Waals surface area contributed by atoms with Gasteiger partial charge in [-0.05, 0) is 36.4 Å². The van der Waals surface area contributed by atoms with Crippen LogP contribution in [0, 0.1) is 0 Å². The summed E-state index contributed by atoms with van der Waals surface area (Å²) >= 11 is 5.77. The van der Waals surface area contributed by atoms with Gasteiger partial charge in [0.2, 0.25) is 5.91 Å². The molecule has 0 fully saturated rings. The van der Waals surface area contributed by atoms with Crippen LogP contribution in [0.2, 0.25) is 5.02 Å². The summed E-state index contributed by atoms with van der Waals surface area (Å²) in [6.45, 7) is 1.35. The van der Waals surface area contributed by atoms with Crippen LogP contribution >= 0.6 is 11.6 Å². The summed E-state index contributed by atoms with van der Waals surface area (Å²) in [7, 11) is 0. The number of hydrogen-bond acceptors (Lipinski definition) is 3. The van der Waals surface area contributed by atoms with Crippen molar-refractivity contribution in [3.63, 3.8) is 0 Å². The van der Waals surface area contributed by atoms with E-state index in [0.717, 1.165) is 0 Å². The maximum atomic E-state index is 12.0. The molecule has 108 valence electrons. The van der Waals surface area contributed by atoms with Gasteiger partial charge in [0.25, 0.3) is 0 Å².